The van der Waals surface area contributed by atoms with Gasteiger partial charge in [0.1, 0.15) is 0 Å². The average Bonchev–Trinajstić information content (AvgIpc) is 2.31. The highest BCUT2D eigenvalue weighted by Crippen LogP contribution is 2.31. The van der Waals surface area contributed by atoms with Crippen LogP contribution in [0.15, 0.2) is 18.2 Å². The van der Waals surface area contributed by atoms with Gasteiger partial charge in [-0.25, -0.2) is 0 Å². The fourth-order valence-electron chi connectivity index (χ4n) is 1.62. The molecule has 0 fully saturated rings. The van der Waals surface area contributed by atoms with Gasteiger partial charge < -0.3 is 10.8 Å². The van der Waals surface area contributed by atoms with E-state index in [1.807, 2.05) is 18.2 Å². The van der Waals surface area contributed by atoms with E-state index in [-0.39, 0.29) is 6.04 Å². The third kappa shape index (κ3) is 1.12. The lowest BCUT2D eigenvalue weighted by Crippen LogP contribution is -2.21. The minimum atomic E-state index is -0.446. The molecule has 2 nitrogen and oxygen atoms in total. The van der Waals surface area contributed by atoms with Crippen molar-refractivity contribution in [3.8, 4) is 0 Å². The number of rotatable bonds is 0. The Morgan fingerprint density at radius 1 is 1.50 bits per heavy atom. The molecule has 12 heavy (non-hydrogen) atoms. The quantitative estimate of drug-likeness (QED) is 0.636. The van der Waals surface area contributed by atoms with Crippen LogP contribution in [0, 0.1) is 0 Å². The molecule has 0 saturated carbocycles. The first-order valence-electron chi connectivity index (χ1n) is 3.90. The van der Waals surface area contributed by atoms with Crippen LogP contribution in [0.1, 0.15) is 17.2 Å². The molecule has 2 rings (SSSR count). The van der Waals surface area contributed by atoms with E-state index in [4.69, 9.17) is 17.3 Å². The Kier molecular flexibility index (Phi) is 1.83. The molecule has 0 bridgehead atoms. The maximum atomic E-state index is 9.44. The molecule has 0 spiro atoms. The van der Waals surface area contributed by atoms with Crippen molar-refractivity contribution >= 4 is 11.6 Å². The molecule has 1 aliphatic rings. The Labute approximate surface area is 76.0 Å². The molecule has 1 aromatic carbocycles. The summed E-state index contributed by atoms with van der Waals surface area (Å²) < 4.78 is 0. The summed E-state index contributed by atoms with van der Waals surface area (Å²) in [6, 6.07) is 5.31. The lowest BCUT2D eigenvalue weighted by molar-refractivity contribution is 0.158. The summed E-state index contributed by atoms with van der Waals surface area (Å²) in [5, 5.41) is 10.1. The van der Waals surface area contributed by atoms with Crippen molar-refractivity contribution in [2.24, 2.45) is 5.73 Å². The summed E-state index contributed by atoms with van der Waals surface area (Å²) in [5.74, 6) is 0. The first-order valence-corrected chi connectivity index (χ1v) is 4.28. The average molecular weight is 184 g/mol. The van der Waals surface area contributed by atoms with Crippen LogP contribution in [0.25, 0.3) is 0 Å². The van der Waals surface area contributed by atoms with Crippen LogP contribution in [0.3, 0.4) is 0 Å². The molecule has 2 atom stereocenters. The minimum absolute atomic E-state index is 0.265. The summed E-state index contributed by atoms with van der Waals surface area (Å²) in [7, 11) is 0. The summed E-state index contributed by atoms with van der Waals surface area (Å²) in [5.41, 5.74) is 7.84. The van der Waals surface area contributed by atoms with Crippen LogP contribution in [0.2, 0.25) is 5.02 Å². The fraction of sp³-hybridized carbons (Fsp3) is 0.333. The Morgan fingerprint density at radius 2 is 2.25 bits per heavy atom. The highest BCUT2D eigenvalue weighted by Gasteiger charge is 2.27. The summed E-state index contributed by atoms with van der Waals surface area (Å²) in [4.78, 5) is 0. The lowest BCUT2D eigenvalue weighted by atomic mass is 10.1. The number of fused-ring (bicyclic) bond motifs is 1. The van der Waals surface area contributed by atoms with Crippen LogP contribution in [0.5, 0.6) is 0 Å². The zero-order chi connectivity index (χ0) is 8.72. The fourth-order valence-corrected chi connectivity index (χ4v) is 1.80. The van der Waals surface area contributed by atoms with Crippen molar-refractivity contribution in [3.05, 3.63) is 34.3 Å². The van der Waals surface area contributed by atoms with E-state index >= 15 is 0 Å². The zero-order valence-corrected chi connectivity index (χ0v) is 7.25. The molecular weight excluding hydrogens is 174 g/mol. The summed E-state index contributed by atoms with van der Waals surface area (Å²) in [6.07, 6.45) is 0.201. The second-order valence-electron chi connectivity index (χ2n) is 3.14. The van der Waals surface area contributed by atoms with Crippen LogP contribution in [-0.4, -0.2) is 11.2 Å². The van der Waals surface area contributed by atoms with Crippen LogP contribution >= 0.6 is 11.6 Å². The van der Waals surface area contributed by atoms with Gasteiger partial charge in [0, 0.05) is 11.4 Å². The number of nitrogens with two attached hydrogens (primary N) is 1. The second kappa shape index (κ2) is 2.73. The Hall–Kier alpha value is -0.570. The molecule has 64 valence electrons. The number of aliphatic hydroxyl groups is 1. The molecular formula is C9H10ClNO. The Bertz CT molecular complexity index is 313. The zero-order valence-electron chi connectivity index (χ0n) is 6.50. The number of hydrogen-bond donors (Lipinski definition) is 2. The van der Waals surface area contributed by atoms with Gasteiger partial charge in [0.15, 0.2) is 0 Å². The summed E-state index contributed by atoms with van der Waals surface area (Å²) in [6.45, 7) is 0. The van der Waals surface area contributed by atoms with Crippen LogP contribution in [-0.2, 0) is 6.42 Å². The molecule has 0 saturated heterocycles. The van der Waals surface area contributed by atoms with E-state index < -0.39 is 6.10 Å². The van der Waals surface area contributed by atoms with E-state index in [2.05, 4.69) is 0 Å². The monoisotopic (exact) mass is 183 g/mol. The smallest absolute Gasteiger partial charge is 0.0773 e. The second-order valence-corrected chi connectivity index (χ2v) is 3.58. The molecule has 1 aliphatic carbocycles. The van der Waals surface area contributed by atoms with Gasteiger partial charge in [-0.15, -0.1) is 0 Å². The van der Waals surface area contributed by atoms with Crippen LogP contribution in [0.4, 0.5) is 0 Å². The largest absolute Gasteiger partial charge is 0.391 e. The molecule has 1 aromatic rings. The molecule has 0 aromatic heterocycles. The number of halogens is 1. The van der Waals surface area contributed by atoms with Gasteiger partial charge in [-0.3, -0.25) is 0 Å². The van der Waals surface area contributed by atoms with Crippen LogP contribution < -0.4 is 5.73 Å². The predicted molar refractivity (Wildman–Crippen MR) is 48.1 cm³/mol. The van der Waals surface area contributed by atoms with Gasteiger partial charge in [-0.05, 0) is 23.3 Å². The van der Waals surface area contributed by atoms with Gasteiger partial charge in [0.05, 0.1) is 12.1 Å². The first-order chi connectivity index (χ1) is 5.68. The maximum absolute atomic E-state index is 9.44. The molecule has 0 radical (unpaired) electrons. The van der Waals surface area contributed by atoms with Gasteiger partial charge >= 0.3 is 0 Å². The topological polar surface area (TPSA) is 46.2 Å². The van der Waals surface area contributed by atoms with Gasteiger partial charge in [0.2, 0.25) is 0 Å². The van der Waals surface area contributed by atoms with Crippen molar-refractivity contribution in [3.63, 3.8) is 0 Å². The van der Waals surface area contributed by atoms with E-state index in [1.165, 1.54) is 0 Å². The van der Waals surface area contributed by atoms with E-state index in [1.54, 1.807) is 0 Å². The molecule has 3 heteroatoms. The SMILES string of the molecule is N[C@H]1c2cc(Cl)ccc2C[C@H]1O. The Balaban J connectivity index is 2.48. The minimum Gasteiger partial charge on any atom is -0.391 e. The summed E-state index contributed by atoms with van der Waals surface area (Å²) >= 11 is 5.80. The van der Waals surface area contributed by atoms with Crippen molar-refractivity contribution in [2.45, 2.75) is 18.6 Å². The third-order valence-corrected chi connectivity index (χ3v) is 2.55. The van der Waals surface area contributed by atoms with Gasteiger partial charge in [-0.2, -0.15) is 0 Å². The normalized spacial score (nSPS) is 27.2. The maximum Gasteiger partial charge on any atom is 0.0773 e. The van der Waals surface area contributed by atoms with Crippen molar-refractivity contribution in [1.29, 1.82) is 0 Å². The highest BCUT2D eigenvalue weighted by atomic mass is 35.5. The van der Waals surface area contributed by atoms with E-state index in [9.17, 15) is 5.11 Å². The van der Waals surface area contributed by atoms with E-state index in [0.717, 1.165) is 11.1 Å². The van der Waals surface area contributed by atoms with Crippen molar-refractivity contribution in [2.75, 3.05) is 0 Å². The molecule has 0 aliphatic heterocycles. The van der Waals surface area contributed by atoms with Crippen molar-refractivity contribution in [1.82, 2.24) is 0 Å². The Morgan fingerprint density at radius 3 is 3.00 bits per heavy atom. The molecule has 0 amide bonds. The van der Waals surface area contributed by atoms with Crippen molar-refractivity contribution < 1.29 is 5.11 Å². The van der Waals surface area contributed by atoms with Gasteiger partial charge in [0.25, 0.3) is 0 Å². The molecule has 3 N–H and O–H groups in total. The lowest BCUT2D eigenvalue weighted by Gasteiger charge is -2.08. The first kappa shape index (κ1) is 8.05. The molecule has 0 unspecified atom stereocenters. The predicted octanol–water partition coefficient (Wildman–Crippen LogP) is 1.26. The highest BCUT2D eigenvalue weighted by molar-refractivity contribution is 6.30. The third-order valence-electron chi connectivity index (χ3n) is 2.31. The van der Waals surface area contributed by atoms with E-state index in [0.29, 0.717) is 11.4 Å². The number of aliphatic hydroxyl groups excluding tert-OH is 1. The number of benzene rings is 1. The number of hydrogen-bond acceptors (Lipinski definition) is 2. The standard InChI is InChI=1S/C9H10ClNO/c10-6-2-1-5-3-8(12)9(11)7(5)4-6/h1-2,4,8-9,12H,3,11H2/t8-,9+/m1/s1. The van der Waals surface area contributed by atoms with Gasteiger partial charge in [-0.1, -0.05) is 17.7 Å². The molecule has 0 heterocycles.